The van der Waals surface area contributed by atoms with E-state index >= 15 is 0 Å². The van der Waals surface area contributed by atoms with Gasteiger partial charge < -0.3 is 15.1 Å². The number of alkyl halides is 3. The Balaban J connectivity index is 1.15. The molecule has 2 fully saturated rings. The lowest BCUT2D eigenvalue weighted by atomic mass is 9.99. The molecular weight excluding hydrogens is 523 g/mol. The molecule has 6 rings (SSSR count). The molecule has 1 unspecified atom stereocenters. The molecule has 0 bridgehead atoms. The molecule has 1 aromatic heterocycles. The van der Waals surface area contributed by atoms with Crippen LogP contribution in [-0.2, 0) is 6.18 Å². The Labute approximate surface area is 227 Å². The smallest absolute Gasteiger partial charge is 0.337 e. The van der Waals surface area contributed by atoms with Crippen molar-refractivity contribution in [2.75, 3.05) is 26.2 Å². The highest BCUT2D eigenvalue weighted by Gasteiger charge is 2.37. The number of nitrogens with one attached hydrogen (secondary N) is 1. The van der Waals surface area contributed by atoms with E-state index in [1.165, 1.54) is 6.07 Å². The molecule has 0 aliphatic carbocycles. The summed E-state index contributed by atoms with van der Waals surface area (Å²) in [5, 5.41) is 4.22. The van der Waals surface area contributed by atoms with Crippen LogP contribution in [0.25, 0.3) is 21.2 Å². The van der Waals surface area contributed by atoms with Crippen LogP contribution in [0.2, 0.25) is 0 Å². The summed E-state index contributed by atoms with van der Waals surface area (Å²) in [5.41, 5.74) is 1.44. The zero-order chi connectivity index (χ0) is 27.1. The number of fused-ring (bicyclic) bond motifs is 1. The number of likely N-dealkylation sites (tertiary alicyclic amines) is 2. The third kappa shape index (κ3) is 5.04. The van der Waals surface area contributed by atoms with E-state index in [2.05, 4.69) is 5.32 Å². The van der Waals surface area contributed by atoms with E-state index in [0.29, 0.717) is 52.3 Å². The molecule has 200 valence electrons. The lowest BCUT2D eigenvalue weighted by Gasteiger charge is -2.41. The molecule has 0 saturated carbocycles. The summed E-state index contributed by atoms with van der Waals surface area (Å²) >= 11 is 1.11. The third-order valence-corrected chi connectivity index (χ3v) is 8.55. The van der Waals surface area contributed by atoms with Gasteiger partial charge in [-0.2, -0.15) is 13.2 Å². The first-order valence-corrected chi connectivity index (χ1v) is 13.7. The fraction of sp³-hybridized carbons (Fsp3) is 0.267. The quantitative estimate of drug-likeness (QED) is 0.337. The Kier molecular flexibility index (Phi) is 6.64. The van der Waals surface area contributed by atoms with Crippen LogP contribution in [0, 0.1) is 0 Å². The second-order valence-corrected chi connectivity index (χ2v) is 11.1. The van der Waals surface area contributed by atoms with Crippen LogP contribution in [-0.4, -0.2) is 59.9 Å². The highest BCUT2D eigenvalue weighted by atomic mass is 32.1. The summed E-state index contributed by atoms with van der Waals surface area (Å²) in [6.45, 7) is 2.33. The number of thiophene rings is 1. The largest absolute Gasteiger partial charge is 0.416 e. The second-order valence-electron chi connectivity index (χ2n) is 10.1. The number of halogens is 3. The molecule has 39 heavy (non-hydrogen) atoms. The molecule has 2 aliphatic heterocycles. The molecule has 0 radical (unpaired) electrons. The summed E-state index contributed by atoms with van der Waals surface area (Å²) in [5.74, 6) is -0.147. The van der Waals surface area contributed by atoms with Crippen LogP contribution in [0.15, 0.2) is 78.9 Å². The van der Waals surface area contributed by atoms with Gasteiger partial charge in [0.25, 0.3) is 11.8 Å². The number of rotatable bonds is 5. The molecule has 2 saturated heterocycles. The highest BCUT2D eigenvalue weighted by molar-refractivity contribution is 7.21. The van der Waals surface area contributed by atoms with E-state index in [1.807, 2.05) is 65.6 Å². The number of hydrogen-bond acceptors (Lipinski definition) is 4. The maximum atomic E-state index is 13.6. The molecule has 2 aliphatic rings. The van der Waals surface area contributed by atoms with Crippen LogP contribution in [0.4, 0.5) is 13.2 Å². The van der Waals surface area contributed by atoms with Crippen LogP contribution >= 0.6 is 11.3 Å². The first kappa shape index (κ1) is 25.6. The minimum Gasteiger partial charge on any atom is -0.337 e. The van der Waals surface area contributed by atoms with Crippen molar-refractivity contribution in [2.45, 2.75) is 24.7 Å². The van der Waals surface area contributed by atoms with Crippen molar-refractivity contribution in [1.82, 2.24) is 15.1 Å². The number of hydrogen-bond donors (Lipinski definition) is 1. The summed E-state index contributed by atoms with van der Waals surface area (Å²) in [6, 6.07) is 22.5. The monoisotopic (exact) mass is 549 g/mol. The Bertz CT molecular complexity index is 1520. The molecule has 5 nitrogen and oxygen atoms in total. The number of carbonyl (C=O) groups excluding carboxylic acids is 2. The van der Waals surface area contributed by atoms with Gasteiger partial charge in [0.2, 0.25) is 0 Å². The van der Waals surface area contributed by atoms with Gasteiger partial charge in [0.1, 0.15) is 4.88 Å². The SMILES string of the molecule is O=C(c1ccccc1)N1CCC(NC2CN(C(=O)c3sc4cc(C(F)(F)F)ccc4c3-c3ccccc3)C2)C1. The van der Waals surface area contributed by atoms with Gasteiger partial charge in [-0.05, 0) is 36.2 Å². The molecular formula is C30H26F3N3O2S. The lowest BCUT2D eigenvalue weighted by molar-refractivity contribution is -0.137. The van der Waals surface area contributed by atoms with Gasteiger partial charge in [-0.3, -0.25) is 9.59 Å². The second kappa shape index (κ2) is 10.1. The van der Waals surface area contributed by atoms with E-state index in [9.17, 15) is 22.8 Å². The summed E-state index contributed by atoms with van der Waals surface area (Å²) in [6.07, 6.45) is -3.60. The molecule has 9 heteroatoms. The normalized spacial score (nSPS) is 18.0. The van der Waals surface area contributed by atoms with Gasteiger partial charge in [0.15, 0.2) is 0 Å². The summed E-state index contributed by atoms with van der Waals surface area (Å²) in [7, 11) is 0. The van der Waals surface area contributed by atoms with Crippen molar-refractivity contribution < 1.29 is 22.8 Å². The molecule has 1 atom stereocenters. The van der Waals surface area contributed by atoms with Crippen LogP contribution in [0.5, 0.6) is 0 Å². The van der Waals surface area contributed by atoms with Gasteiger partial charge in [-0.25, -0.2) is 0 Å². The summed E-state index contributed by atoms with van der Waals surface area (Å²) in [4.78, 5) is 30.4. The number of benzene rings is 3. The average molecular weight is 550 g/mol. The molecule has 1 N–H and O–H groups in total. The van der Waals surface area contributed by atoms with E-state index in [-0.39, 0.29) is 23.9 Å². The molecule has 4 aromatic rings. The molecule has 3 heterocycles. The first-order chi connectivity index (χ1) is 18.8. The van der Waals surface area contributed by atoms with Crippen molar-refractivity contribution in [3.63, 3.8) is 0 Å². The third-order valence-electron chi connectivity index (χ3n) is 7.41. The fourth-order valence-corrected chi connectivity index (χ4v) is 6.62. The average Bonchev–Trinajstić information content (AvgIpc) is 3.55. The Morgan fingerprint density at radius 1 is 0.821 bits per heavy atom. The lowest BCUT2D eigenvalue weighted by Crippen LogP contribution is -2.62. The van der Waals surface area contributed by atoms with Crippen LogP contribution in [0.3, 0.4) is 0 Å². The predicted molar refractivity (Wildman–Crippen MR) is 146 cm³/mol. The zero-order valence-corrected chi connectivity index (χ0v) is 21.8. The minimum absolute atomic E-state index is 0.0252. The van der Waals surface area contributed by atoms with E-state index < -0.39 is 11.7 Å². The molecule has 3 aromatic carbocycles. The Morgan fingerprint density at radius 3 is 2.18 bits per heavy atom. The summed E-state index contributed by atoms with van der Waals surface area (Å²) < 4.78 is 40.5. The van der Waals surface area contributed by atoms with Gasteiger partial charge in [0, 0.05) is 59.5 Å². The molecule has 2 amide bonds. The van der Waals surface area contributed by atoms with Crippen molar-refractivity contribution in [3.8, 4) is 11.1 Å². The van der Waals surface area contributed by atoms with E-state index in [4.69, 9.17) is 0 Å². The maximum Gasteiger partial charge on any atom is 0.416 e. The topological polar surface area (TPSA) is 52.7 Å². The fourth-order valence-electron chi connectivity index (χ4n) is 5.39. The minimum atomic E-state index is -4.45. The Hall–Kier alpha value is -3.69. The Morgan fingerprint density at radius 2 is 1.49 bits per heavy atom. The van der Waals surface area contributed by atoms with Crippen LogP contribution in [0.1, 0.15) is 32.0 Å². The van der Waals surface area contributed by atoms with Crippen molar-refractivity contribution in [1.29, 1.82) is 0 Å². The maximum absolute atomic E-state index is 13.6. The number of nitrogens with zero attached hydrogens (tertiary/aromatic N) is 2. The first-order valence-electron chi connectivity index (χ1n) is 12.9. The van der Waals surface area contributed by atoms with Gasteiger partial charge in [-0.15, -0.1) is 11.3 Å². The predicted octanol–water partition coefficient (Wildman–Crippen LogP) is 5.92. The number of amides is 2. The van der Waals surface area contributed by atoms with Gasteiger partial charge >= 0.3 is 6.18 Å². The molecule has 0 spiro atoms. The van der Waals surface area contributed by atoms with Crippen molar-refractivity contribution in [3.05, 3.63) is 94.9 Å². The highest BCUT2D eigenvalue weighted by Crippen LogP contribution is 2.42. The number of carbonyl (C=O) groups is 2. The van der Waals surface area contributed by atoms with Crippen molar-refractivity contribution in [2.24, 2.45) is 0 Å². The van der Waals surface area contributed by atoms with Crippen LogP contribution < -0.4 is 5.32 Å². The van der Waals surface area contributed by atoms with E-state index in [0.717, 1.165) is 35.5 Å². The van der Waals surface area contributed by atoms with Crippen molar-refractivity contribution >= 4 is 33.2 Å². The zero-order valence-electron chi connectivity index (χ0n) is 20.9. The van der Waals surface area contributed by atoms with Gasteiger partial charge in [-0.1, -0.05) is 54.6 Å². The van der Waals surface area contributed by atoms with Gasteiger partial charge in [0.05, 0.1) is 5.56 Å². The van der Waals surface area contributed by atoms with E-state index in [1.54, 1.807) is 4.90 Å². The standard InChI is InChI=1S/C30H26F3N3O2S/c31-30(32,33)21-11-12-24-25(15-21)39-27(26(24)19-7-3-1-4-8-19)29(38)36-17-23(18-36)34-22-13-14-35(16-22)28(37)20-9-5-2-6-10-20/h1-12,15,22-23,34H,13-14,16-18H2.